The maximum atomic E-state index is 12.6. The molecule has 4 nitrogen and oxygen atoms in total. The number of benzene rings is 2. The van der Waals surface area contributed by atoms with Crippen LogP contribution >= 0.6 is 11.6 Å². The number of ether oxygens (including phenoxy) is 1. The van der Waals surface area contributed by atoms with Crippen molar-refractivity contribution in [2.24, 2.45) is 0 Å². The Hall–Kier alpha value is -2.20. The first-order valence-electron chi connectivity index (χ1n) is 7.73. The van der Waals surface area contributed by atoms with Crippen LogP contribution in [0.3, 0.4) is 0 Å². The lowest BCUT2D eigenvalue weighted by Gasteiger charge is -2.34. The van der Waals surface area contributed by atoms with E-state index in [1.807, 2.05) is 43.3 Å². The minimum absolute atomic E-state index is 0.00819. The topological polar surface area (TPSA) is 41.6 Å². The van der Waals surface area contributed by atoms with Crippen molar-refractivity contribution < 1.29 is 9.53 Å². The third kappa shape index (κ3) is 3.59. The van der Waals surface area contributed by atoms with Gasteiger partial charge in [0.25, 0.3) is 0 Å². The van der Waals surface area contributed by atoms with E-state index in [1.54, 1.807) is 17.0 Å². The number of hydrogen-bond donors (Lipinski definition) is 1. The molecule has 0 saturated heterocycles. The normalized spacial score (nSPS) is 16.4. The van der Waals surface area contributed by atoms with Gasteiger partial charge in [0.2, 0.25) is 0 Å². The number of halogens is 1. The van der Waals surface area contributed by atoms with E-state index in [0.717, 1.165) is 12.0 Å². The largest absolute Gasteiger partial charge is 0.486 e. The SMILES string of the molecule is CC[C@@H]1CN(C(=O)NCc2ccccc2)c2cc(Cl)ccc2O1. The van der Waals surface area contributed by atoms with E-state index < -0.39 is 0 Å². The van der Waals surface area contributed by atoms with Gasteiger partial charge < -0.3 is 10.1 Å². The summed E-state index contributed by atoms with van der Waals surface area (Å²) in [4.78, 5) is 14.3. The zero-order valence-electron chi connectivity index (χ0n) is 13.0. The molecule has 0 bridgehead atoms. The molecule has 0 radical (unpaired) electrons. The molecule has 0 unspecified atom stereocenters. The second-order valence-corrected chi connectivity index (χ2v) is 5.95. The van der Waals surface area contributed by atoms with Crippen molar-refractivity contribution >= 4 is 23.3 Å². The van der Waals surface area contributed by atoms with Crippen molar-refractivity contribution in [3.05, 3.63) is 59.1 Å². The number of hydrogen-bond acceptors (Lipinski definition) is 2. The van der Waals surface area contributed by atoms with Crippen molar-refractivity contribution in [2.75, 3.05) is 11.4 Å². The third-order valence-corrected chi connectivity index (χ3v) is 4.11. The van der Waals surface area contributed by atoms with Gasteiger partial charge in [-0.15, -0.1) is 0 Å². The second kappa shape index (κ2) is 6.92. The maximum Gasteiger partial charge on any atom is 0.322 e. The molecule has 23 heavy (non-hydrogen) atoms. The number of nitrogens with one attached hydrogen (secondary N) is 1. The molecule has 0 aliphatic carbocycles. The Morgan fingerprint density at radius 1 is 1.30 bits per heavy atom. The summed E-state index contributed by atoms with van der Waals surface area (Å²) in [7, 11) is 0. The Balaban J connectivity index is 1.78. The molecule has 120 valence electrons. The number of amides is 2. The highest BCUT2D eigenvalue weighted by atomic mass is 35.5. The third-order valence-electron chi connectivity index (χ3n) is 3.88. The maximum absolute atomic E-state index is 12.6. The van der Waals surface area contributed by atoms with E-state index in [1.165, 1.54) is 0 Å². The van der Waals surface area contributed by atoms with Gasteiger partial charge in [0.15, 0.2) is 0 Å². The van der Waals surface area contributed by atoms with Crippen LogP contribution in [-0.2, 0) is 6.54 Å². The van der Waals surface area contributed by atoms with Gasteiger partial charge in [0.05, 0.1) is 12.2 Å². The quantitative estimate of drug-likeness (QED) is 0.915. The highest BCUT2D eigenvalue weighted by Crippen LogP contribution is 2.36. The molecule has 0 aromatic heterocycles. The van der Waals surface area contributed by atoms with E-state index in [2.05, 4.69) is 5.32 Å². The Labute approximate surface area is 141 Å². The molecule has 0 saturated carbocycles. The molecular formula is C18H19ClN2O2. The first kappa shape index (κ1) is 15.7. The number of anilines is 1. The summed E-state index contributed by atoms with van der Waals surface area (Å²) in [6.45, 7) is 3.06. The second-order valence-electron chi connectivity index (χ2n) is 5.52. The lowest BCUT2D eigenvalue weighted by molar-refractivity contribution is 0.186. The van der Waals surface area contributed by atoms with Gasteiger partial charge in [-0.05, 0) is 30.2 Å². The molecule has 2 amide bonds. The van der Waals surface area contributed by atoms with Crippen molar-refractivity contribution in [3.8, 4) is 5.75 Å². The van der Waals surface area contributed by atoms with Crippen molar-refractivity contribution in [1.82, 2.24) is 5.32 Å². The number of nitrogens with zero attached hydrogens (tertiary/aromatic N) is 1. The molecule has 1 atom stereocenters. The molecule has 3 rings (SSSR count). The summed E-state index contributed by atoms with van der Waals surface area (Å²) in [6.07, 6.45) is 0.830. The standard InChI is InChI=1S/C18H19ClN2O2/c1-2-15-12-21(16-10-14(19)8-9-17(16)23-15)18(22)20-11-13-6-4-3-5-7-13/h3-10,15H,2,11-12H2,1H3,(H,20,22)/t15-/m1/s1. The van der Waals surface area contributed by atoms with E-state index >= 15 is 0 Å². The summed E-state index contributed by atoms with van der Waals surface area (Å²) in [5.41, 5.74) is 1.78. The fourth-order valence-corrected chi connectivity index (χ4v) is 2.76. The van der Waals surface area contributed by atoms with Crippen molar-refractivity contribution in [1.29, 1.82) is 0 Å². The van der Waals surface area contributed by atoms with Crippen LogP contribution in [0.25, 0.3) is 0 Å². The fourth-order valence-electron chi connectivity index (χ4n) is 2.59. The lowest BCUT2D eigenvalue weighted by atomic mass is 10.1. The minimum atomic E-state index is -0.140. The number of carbonyl (C=O) groups excluding carboxylic acids is 1. The van der Waals surface area contributed by atoms with E-state index in [9.17, 15) is 4.79 Å². The number of carbonyl (C=O) groups is 1. The highest BCUT2D eigenvalue weighted by Gasteiger charge is 2.29. The van der Waals surface area contributed by atoms with Crippen LogP contribution in [0.5, 0.6) is 5.75 Å². The van der Waals surface area contributed by atoms with Gasteiger partial charge in [-0.25, -0.2) is 4.79 Å². The minimum Gasteiger partial charge on any atom is -0.486 e. The van der Waals surface area contributed by atoms with Gasteiger partial charge in [0, 0.05) is 11.6 Å². The van der Waals surface area contributed by atoms with Crippen LogP contribution in [0, 0.1) is 0 Å². The summed E-state index contributed by atoms with van der Waals surface area (Å²) in [5, 5.41) is 3.55. The van der Waals surface area contributed by atoms with Gasteiger partial charge in [-0.1, -0.05) is 48.9 Å². The number of urea groups is 1. The smallest absolute Gasteiger partial charge is 0.322 e. The van der Waals surface area contributed by atoms with E-state index in [-0.39, 0.29) is 12.1 Å². The summed E-state index contributed by atoms with van der Waals surface area (Å²) in [6, 6.07) is 15.1. The van der Waals surface area contributed by atoms with Crippen LogP contribution in [-0.4, -0.2) is 18.7 Å². The number of fused-ring (bicyclic) bond motifs is 1. The first-order valence-corrected chi connectivity index (χ1v) is 8.10. The predicted molar refractivity (Wildman–Crippen MR) is 92.2 cm³/mol. The average molecular weight is 331 g/mol. The molecular weight excluding hydrogens is 312 g/mol. The van der Waals surface area contributed by atoms with E-state index in [0.29, 0.717) is 29.5 Å². The molecule has 2 aromatic rings. The molecule has 0 fully saturated rings. The predicted octanol–water partition coefficient (Wildman–Crippen LogP) is 4.23. The Kier molecular flexibility index (Phi) is 4.72. The molecule has 1 aliphatic heterocycles. The molecule has 2 aromatic carbocycles. The number of rotatable bonds is 3. The average Bonchev–Trinajstić information content (AvgIpc) is 2.59. The van der Waals surface area contributed by atoms with Crippen LogP contribution in [0.1, 0.15) is 18.9 Å². The first-order chi connectivity index (χ1) is 11.2. The van der Waals surface area contributed by atoms with Crippen LogP contribution in [0.15, 0.2) is 48.5 Å². The Bertz CT molecular complexity index is 691. The summed E-state index contributed by atoms with van der Waals surface area (Å²) < 4.78 is 5.90. The highest BCUT2D eigenvalue weighted by molar-refractivity contribution is 6.31. The summed E-state index contributed by atoms with van der Waals surface area (Å²) in [5.74, 6) is 0.697. The van der Waals surface area contributed by atoms with E-state index in [4.69, 9.17) is 16.3 Å². The monoisotopic (exact) mass is 330 g/mol. The Morgan fingerprint density at radius 2 is 2.09 bits per heavy atom. The molecule has 5 heteroatoms. The van der Waals surface area contributed by atoms with Crippen LogP contribution < -0.4 is 15.0 Å². The van der Waals surface area contributed by atoms with Crippen LogP contribution in [0.2, 0.25) is 5.02 Å². The zero-order valence-corrected chi connectivity index (χ0v) is 13.7. The molecule has 1 N–H and O–H groups in total. The molecule has 0 spiro atoms. The molecule has 1 aliphatic rings. The van der Waals surface area contributed by atoms with Crippen molar-refractivity contribution in [2.45, 2.75) is 26.0 Å². The van der Waals surface area contributed by atoms with Gasteiger partial charge >= 0.3 is 6.03 Å². The summed E-state index contributed by atoms with van der Waals surface area (Å²) >= 11 is 6.08. The molecule has 1 heterocycles. The van der Waals surface area contributed by atoms with Gasteiger partial charge in [-0.3, -0.25) is 4.90 Å². The fraction of sp³-hybridized carbons (Fsp3) is 0.278. The lowest BCUT2D eigenvalue weighted by Crippen LogP contribution is -2.47. The van der Waals surface area contributed by atoms with Gasteiger partial charge in [-0.2, -0.15) is 0 Å². The van der Waals surface area contributed by atoms with Crippen molar-refractivity contribution in [3.63, 3.8) is 0 Å². The van der Waals surface area contributed by atoms with Gasteiger partial charge in [0.1, 0.15) is 11.9 Å². The Morgan fingerprint density at radius 3 is 2.83 bits per heavy atom. The zero-order chi connectivity index (χ0) is 16.2. The van der Waals surface area contributed by atoms with Crippen LogP contribution in [0.4, 0.5) is 10.5 Å².